The molecule has 2 aromatic carbocycles. The number of rotatable bonds is 7. The first-order valence-electron chi connectivity index (χ1n) is 11.1. The fourth-order valence-electron chi connectivity index (χ4n) is 3.39. The number of aryl methyl sites for hydroxylation is 3. The fourth-order valence-corrected chi connectivity index (χ4v) is 3.39. The van der Waals surface area contributed by atoms with Gasteiger partial charge in [-0.25, -0.2) is 4.98 Å². The largest absolute Gasteiger partial charge is 0.481 e. The van der Waals surface area contributed by atoms with Crippen molar-refractivity contribution in [3.63, 3.8) is 0 Å². The Balaban J connectivity index is 0.000000844. The van der Waals surface area contributed by atoms with Crippen molar-refractivity contribution in [1.29, 1.82) is 0 Å². The number of aromatic amines is 1. The molecule has 0 radical (unpaired) electrons. The molecule has 0 fully saturated rings. The highest BCUT2D eigenvalue weighted by Crippen LogP contribution is 2.31. The van der Waals surface area contributed by atoms with Crippen LogP contribution in [0.1, 0.15) is 51.4 Å². The Morgan fingerprint density at radius 2 is 1.74 bits per heavy atom. The average molecular weight is 466 g/mol. The molecule has 1 atom stereocenters. The molecule has 3 aromatic rings. The highest BCUT2D eigenvalue weighted by molar-refractivity contribution is 5.66. The van der Waals surface area contributed by atoms with Crippen molar-refractivity contribution in [3.8, 4) is 0 Å². The summed E-state index contributed by atoms with van der Waals surface area (Å²) in [5, 5.41) is 10.7. The van der Waals surface area contributed by atoms with Crippen LogP contribution in [-0.2, 0) is 16.0 Å². The standard InChI is InChI=1S/C21H24N2.C4H9NO2.C2H4.CH2O/c1-14-8-9-18(10-16(14)3)11-20(21-12-22-13-23-21)19-7-5-6-15(2)17(19)4;1-5-3-2-4(6)7;2*1-2/h5-10,12-13,20H,11H2,1-4H3,(H,22,23);5H,2-3H2,1H3,(H,6,7);1-2H2;1H2. The second kappa shape index (κ2) is 17.0. The third-order valence-electron chi connectivity index (χ3n) is 5.52. The van der Waals surface area contributed by atoms with Crippen LogP contribution in [0.25, 0.3) is 0 Å². The van der Waals surface area contributed by atoms with Crippen molar-refractivity contribution in [2.24, 2.45) is 0 Å². The van der Waals surface area contributed by atoms with Gasteiger partial charge in [0.15, 0.2) is 0 Å². The van der Waals surface area contributed by atoms with Crippen LogP contribution in [0, 0.1) is 27.7 Å². The van der Waals surface area contributed by atoms with E-state index in [1.807, 2.05) is 13.0 Å². The maximum atomic E-state index is 9.72. The summed E-state index contributed by atoms with van der Waals surface area (Å²) in [7, 11) is 1.73. The normalized spacial score (nSPS) is 10.4. The number of aliphatic carboxylic acids is 1. The molecule has 0 aliphatic carbocycles. The number of carboxylic acid groups (broad SMARTS) is 1. The van der Waals surface area contributed by atoms with Gasteiger partial charge in [-0.3, -0.25) is 4.79 Å². The van der Waals surface area contributed by atoms with Gasteiger partial charge in [-0.05, 0) is 74.5 Å². The summed E-state index contributed by atoms with van der Waals surface area (Å²) >= 11 is 0. The van der Waals surface area contributed by atoms with E-state index in [2.05, 4.69) is 92.5 Å². The molecule has 184 valence electrons. The van der Waals surface area contributed by atoms with Crippen LogP contribution in [0.5, 0.6) is 0 Å². The number of benzene rings is 2. The number of nitrogens with zero attached hydrogens (tertiary/aromatic N) is 1. The molecular formula is C28H39N3O3. The van der Waals surface area contributed by atoms with Crippen molar-refractivity contribution >= 4 is 12.8 Å². The Kier molecular flexibility index (Phi) is 15.3. The van der Waals surface area contributed by atoms with E-state index in [0.717, 1.165) is 6.42 Å². The van der Waals surface area contributed by atoms with E-state index in [9.17, 15) is 4.79 Å². The summed E-state index contributed by atoms with van der Waals surface area (Å²) < 4.78 is 0. The molecule has 3 N–H and O–H groups in total. The minimum Gasteiger partial charge on any atom is -0.481 e. The van der Waals surface area contributed by atoms with Gasteiger partial charge < -0.3 is 20.2 Å². The molecule has 0 bridgehead atoms. The smallest absolute Gasteiger partial charge is 0.304 e. The molecule has 0 saturated carbocycles. The van der Waals surface area contributed by atoms with Gasteiger partial charge in [0.05, 0.1) is 12.7 Å². The molecule has 34 heavy (non-hydrogen) atoms. The van der Waals surface area contributed by atoms with Gasteiger partial charge >= 0.3 is 5.97 Å². The van der Waals surface area contributed by atoms with Crippen LogP contribution in [0.2, 0.25) is 0 Å². The molecule has 1 aromatic heterocycles. The van der Waals surface area contributed by atoms with Gasteiger partial charge in [0, 0.05) is 24.4 Å². The maximum absolute atomic E-state index is 9.72. The van der Waals surface area contributed by atoms with E-state index < -0.39 is 5.97 Å². The van der Waals surface area contributed by atoms with Crippen LogP contribution in [0.15, 0.2) is 62.1 Å². The van der Waals surface area contributed by atoms with Crippen LogP contribution >= 0.6 is 0 Å². The Morgan fingerprint density at radius 3 is 2.24 bits per heavy atom. The zero-order valence-corrected chi connectivity index (χ0v) is 21.1. The second-order valence-electron chi connectivity index (χ2n) is 7.72. The first-order chi connectivity index (χ1) is 16.3. The predicted molar refractivity (Wildman–Crippen MR) is 141 cm³/mol. The number of hydrogen-bond acceptors (Lipinski definition) is 4. The lowest BCUT2D eigenvalue weighted by molar-refractivity contribution is -0.136. The van der Waals surface area contributed by atoms with Gasteiger partial charge in [0.2, 0.25) is 0 Å². The molecule has 6 heteroatoms. The lowest BCUT2D eigenvalue weighted by Gasteiger charge is -2.20. The molecule has 0 spiro atoms. The number of carbonyl (C=O) groups excluding carboxylic acids is 1. The zero-order chi connectivity index (χ0) is 26.1. The number of H-pyrrole nitrogens is 1. The highest BCUT2D eigenvalue weighted by Gasteiger charge is 2.19. The lowest BCUT2D eigenvalue weighted by Crippen LogP contribution is -2.11. The quantitative estimate of drug-likeness (QED) is 0.411. The van der Waals surface area contributed by atoms with E-state index in [0.29, 0.717) is 12.5 Å². The molecular weight excluding hydrogens is 426 g/mol. The Hall–Kier alpha value is -3.51. The first-order valence-corrected chi connectivity index (χ1v) is 11.1. The Bertz CT molecular complexity index is 983. The van der Waals surface area contributed by atoms with Crippen molar-refractivity contribution in [3.05, 3.63) is 101 Å². The van der Waals surface area contributed by atoms with Crippen LogP contribution < -0.4 is 5.32 Å². The monoisotopic (exact) mass is 465 g/mol. The van der Waals surface area contributed by atoms with E-state index in [1.54, 1.807) is 13.4 Å². The third-order valence-corrected chi connectivity index (χ3v) is 5.52. The molecule has 1 heterocycles. The summed E-state index contributed by atoms with van der Waals surface area (Å²) in [5.41, 5.74) is 9.34. The Labute approximate surface area is 204 Å². The third kappa shape index (κ3) is 9.96. The molecule has 1 unspecified atom stereocenters. The van der Waals surface area contributed by atoms with Crippen molar-refractivity contribution in [2.45, 2.75) is 46.5 Å². The minimum atomic E-state index is -0.755. The number of carbonyl (C=O) groups is 2. The average Bonchev–Trinajstić information content (AvgIpc) is 3.38. The molecule has 6 nitrogen and oxygen atoms in total. The Morgan fingerprint density at radius 1 is 1.06 bits per heavy atom. The fraction of sp³-hybridized carbons (Fsp3) is 0.321. The van der Waals surface area contributed by atoms with E-state index in [-0.39, 0.29) is 6.42 Å². The number of aromatic nitrogens is 2. The molecule has 3 rings (SSSR count). The van der Waals surface area contributed by atoms with Crippen LogP contribution in [-0.4, -0.2) is 41.4 Å². The van der Waals surface area contributed by atoms with Crippen molar-refractivity contribution in [2.75, 3.05) is 13.6 Å². The molecule has 0 aliphatic rings. The minimum absolute atomic E-state index is 0.205. The van der Waals surface area contributed by atoms with Gasteiger partial charge in [-0.1, -0.05) is 36.4 Å². The summed E-state index contributed by atoms with van der Waals surface area (Å²) in [6.45, 7) is 17.3. The number of imidazole rings is 1. The summed E-state index contributed by atoms with van der Waals surface area (Å²) in [6, 6.07) is 13.4. The molecule has 0 aliphatic heterocycles. The van der Waals surface area contributed by atoms with E-state index >= 15 is 0 Å². The van der Waals surface area contributed by atoms with Crippen LogP contribution in [0.4, 0.5) is 0 Å². The van der Waals surface area contributed by atoms with Gasteiger partial charge in [0.1, 0.15) is 6.79 Å². The molecule has 0 amide bonds. The van der Waals surface area contributed by atoms with Crippen molar-refractivity contribution < 1.29 is 14.7 Å². The molecule has 0 saturated heterocycles. The summed E-state index contributed by atoms with van der Waals surface area (Å²) in [4.78, 5) is 25.3. The van der Waals surface area contributed by atoms with Gasteiger partial charge in [0.25, 0.3) is 0 Å². The zero-order valence-electron chi connectivity index (χ0n) is 21.1. The summed E-state index contributed by atoms with van der Waals surface area (Å²) in [5.74, 6) is -0.450. The van der Waals surface area contributed by atoms with Crippen LogP contribution in [0.3, 0.4) is 0 Å². The topological polar surface area (TPSA) is 95.1 Å². The highest BCUT2D eigenvalue weighted by atomic mass is 16.4. The first kappa shape index (κ1) is 30.5. The van der Waals surface area contributed by atoms with Crippen molar-refractivity contribution in [1.82, 2.24) is 15.3 Å². The second-order valence-corrected chi connectivity index (χ2v) is 7.72. The van der Waals surface area contributed by atoms with E-state index in [1.165, 1.54) is 39.1 Å². The number of hydrogen-bond donors (Lipinski definition) is 3. The summed E-state index contributed by atoms with van der Waals surface area (Å²) in [6.07, 6.45) is 4.91. The SMILES string of the molecule is C=C.C=O.CNCCC(=O)O.Cc1ccc(CC(c2cnc[nH]2)c2cccc(C)c2C)cc1C. The van der Waals surface area contributed by atoms with Gasteiger partial charge in [-0.15, -0.1) is 13.2 Å². The number of carboxylic acids is 1. The lowest BCUT2D eigenvalue weighted by atomic mass is 9.85. The maximum Gasteiger partial charge on any atom is 0.304 e. The van der Waals surface area contributed by atoms with Gasteiger partial charge in [-0.2, -0.15) is 0 Å². The number of nitrogens with one attached hydrogen (secondary N) is 2. The predicted octanol–water partition coefficient (Wildman–Crippen LogP) is 5.32. The van der Waals surface area contributed by atoms with E-state index in [4.69, 9.17) is 9.90 Å².